The molecule has 3 heteroatoms. The maximum absolute atomic E-state index is 11.3. The minimum absolute atomic E-state index is 0.0825. The van der Waals surface area contributed by atoms with Crippen molar-refractivity contribution in [1.82, 2.24) is 0 Å². The van der Waals surface area contributed by atoms with Gasteiger partial charge in [0.15, 0.2) is 0 Å². The zero-order chi connectivity index (χ0) is 14.8. The standard InChI is InChI=1S/C17H22O3/c1-4-20-17(18)13-10-14(2)16(19-3)12-11-15-8-6-5-7-9-15/h5-14,16H,4H2,1-3H3/b12-11+,13-10+/t14-,16+/m0/s1. The van der Waals surface area contributed by atoms with Gasteiger partial charge in [-0.2, -0.15) is 0 Å². The van der Waals surface area contributed by atoms with Gasteiger partial charge in [-0.3, -0.25) is 0 Å². The lowest BCUT2D eigenvalue weighted by Crippen LogP contribution is -2.16. The molecule has 1 aromatic rings. The van der Waals surface area contributed by atoms with Gasteiger partial charge >= 0.3 is 5.97 Å². The first kappa shape index (κ1) is 16.2. The first-order chi connectivity index (χ1) is 9.67. The van der Waals surface area contributed by atoms with E-state index in [9.17, 15) is 4.79 Å². The maximum atomic E-state index is 11.3. The predicted molar refractivity (Wildman–Crippen MR) is 81.2 cm³/mol. The summed E-state index contributed by atoms with van der Waals surface area (Å²) in [7, 11) is 1.66. The summed E-state index contributed by atoms with van der Waals surface area (Å²) in [6.45, 7) is 4.17. The van der Waals surface area contributed by atoms with Gasteiger partial charge < -0.3 is 9.47 Å². The molecule has 0 unspecified atom stereocenters. The second-order valence-electron chi connectivity index (χ2n) is 4.44. The first-order valence-corrected chi connectivity index (χ1v) is 6.78. The molecule has 0 heterocycles. The van der Waals surface area contributed by atoms with Crippen LogP contribution in [0, 0.1) is 5.92 Å². The van der Waals surface area contributed by atoms with Crippen molar-refractivity contribution in [3.8, 4) is 0 Å². The van der Waals surface area contributed by atoms with E-state index in [0.29, 0.717) is 6.61 Å². The fraction of sp³-hybridized carbons (Fsp3) is 0.353. The minimum Gasteiger partial charge on any atom is -0.463 e. The van der Waals surface area contributed by atoms with Gasteiger partial charge in [0.25, 0.3) is 0 Å². The van der Waals surface area contributed by atoms with Gasteiger partial charge in [0, 0.05) is 19.1 Å². The molecule has 3 nitrogen and oxygen atoms in total. The summed E-state index contributed by atoms with van der Waals surface area (Å²) in [6, 6.07) is 10.0. The van der Waals surface area contributed by atoms with E-state index in [0.717, 1.165) is 5.56 Å². The van der Waals surface area contributed by atoms with Gasteiger partial charge in [-0.15, -0.1) is 0 Å². The van der Waals surface area contributed by atoms with Gasteiger partial charge in [-0.05, 0) is 12.5 Å². The molecule has 0 N–H and O–H groups in total. The van der Waals surface area contributed by atoms with Crippen molar-refractivity contribution in [2.75, 3.05) is 13.7 Å². The van der Waals surface area contributed by atoms with Crippen molar-refractivity contribution in [2.24, 2.45) is 5.92 Å². The van der Waals surface area contributed by atoms with E-state index in [1.165, 1.54) is 6.08 Å². The number of hydrogen-bond acceptors (Lipinski definition) is 3. The number of carbonyl (C=O) groups is 1. The SMILES string of the molecule is CCOC(=O)/C=C/[C@H](C)[C@@H](/C=C/c1ccccc1)OC. The molecule has 0 aliphatic carbocycles. The van der Waals surface area contributed by atoms with Crippen LogP contribution in [-0.2, 0) is 14.3 Å². The molecule has 0 fully saturated rings. The van der Waals surface area contributed by atoms with E-state index in [-0.39, 0.29) is 18.0 Å². The second kappa shape index (κ2) is 9.10. The Kier molecular flexibility index (Phi) is 7.36. The van der Waals surface area contributed by atoms with E-state index in [4.69, 9.17) is 9.47 Å². The highest BCUT2D eigenvalue weighted by molar-refractivity contribution is 5.81. The Morgan fingerprint density at radius 2 is 1.95 bits per heavy atom. The van der Waals surface area contributed by atoms with Crippen molar-refractivity contribution in [2.45, 2.75) is 20.0 Å². The average Bonchev–Trinajstić information content (AvgIpc) is 2.47. The molecule has 0 aromatic heterocycles. The minimum atomic E-state index is -0.318. The van der Waals surface area contributed by atoms with E-state index in [1.807, 2.05) is 55.5 Å². The quantitative estimate of drug-likeness (QED) is 0.564. The lowest BCUT2D eigenvalue weighted by molar-refractivity contribution is -0.137. The van der Waals surface area contributed by atoms with Crippen molar-refractivity contribution < 1.29 is 14.3 Å². The Balaban J connectivity index is 2.61. The summed E-state index contributed by atoms with van der Waals surface area (Å²) in [5, 5.41) is 0. The van der Waals surface area contributed by atoms with E-state index >= 15 is 0 Å². The van der Waals surface area contributed by atoms with Crippen LogP contribution in [0.25, 0.3) is 6.08 Å². The molecular formula is C17H22O3. The molecule has 2 atom stereocenters. The summed E-state index contributed by atoms with van der Waals surface area (Å²) < 4.78 is 10.3. The topological polar surface area (TPSA) is 35.5 Å². The summed E-state index contributed by atoms with van der Waals surface area (Å²) >= 11 is 0. The molecule has 108 valence electrons. The smallest absolute Gasteiger partial charge is 0.330 e. The Bertz CT molecular complexity index is 449. The number of rotatable bonds is 7. The molecule has 0 amide bonds. The molecule has 0 saturated heterocycles. The van der Waals surface area contributed by atoms with Crippen LogP contribution in [0.1, 0.15) is 19.4 Å². The van der Waals surface area contributed by atoms with Gasteiger partial charge in [-0.1, -0.05) is 55.5 Å². The monoisotopic (exact) mass is 274 g/mol. The Labute approximate surface area is 120 Å². The highest BCUT2D eigenvalue weighted by Crippen LogP contribution is 2.12. The molecule has 0 radical (unpaired) electrons. The third kappa shape index (κ3) is 5.85. The van der Waals surface area contributed by atoms with Crippen LogP contribution in [0.2, 0.25) is 0 Å². The molecular weight excluding hydrogens is 252 g/mol. The van der Waals surface area contributed by atoms with Gasteiger partial charge in [0.05, 0.1) is 12.7 Å². The number of benzene rings is 1. The Morgan fingerprint density at radius 1 is 1.25 bits per heavy atom. The fourth-order valence-electron chi connectivity index (χ4n) is 1.77. The largest absolute Gasteiger partial charge is 0.463 e. The molecule has 0 spiro atoms. The zero-order valence-corrected chi connectivity index (χ0v) is 12.3. The van der Waals surface area contributed by atoms with E-state index in [2.05, 4.69) is 0 Å². The van der Waals surface area contributed by atoms with Crippen LogP contribution in [0.5, 0.6) is 0 Å². The highest BCUT2D eigenvalue weighted by Gasteiger charge is 2.11. The van der Waals surface area contributed by atoms with Crippen LogP contribution in [-0.4, -0.2) is 25.8 Å². The predicted octanol–water partition coefficient (Wildman–Crippen LogP) is 3.47. The van der Waals surface area contributed by atoms with Gasteiger partial charge in [0.1, 0.15) is 0 Å². The molecule has 1 aromatic carbocycles. The summed E-state index contributed by atoms with van der Waals surface area (Å²) in [4.78, 5) is 11.3. The Hall–Kier alpha value is -1.87. The maximum Gasteiger partial charge on any atom is 0.330 e. The van der Waals surface area contributed by atoms with E-state index < -0.39 is 0 Å². The van der Waals surface area contributed by atoms with Crippen LogP contribution in [0.4, 0.5) is 0 Å². The van der Waals surface area contributed by atoms with Crippen LogP contribution >= 0.6 is 0 Å². The normalized spacial score (nSPS) is 14.6. The summed E-state index contributed by atoms with van der Waals surface area (Å²) in [6.07, 6.45) is 7.19. The van der Waals surface area contributed by atoms with Crippen molar-refractivity contribution in [3.63, 3.8) is 0 Å². The number of esters is 1. The number of methoxy groups -OCH3 is 1. The molecule has 1 rings (SSSR count). The molecule has 0 aliphatic rings. The average molecular weight is 274 g/mol. The lowest BCUT2D eigenvalue weighted by atomic mass is 10.0. The fourth-order valence-corrected chi connectivity index (χ4v) is 1.77. The summed E-state index contributed by atoms with van der Waals surface area (Å²) in [5.74, 6) is -0.231. The van der Waals surface area contributed by atoms with Crippen LogP contribution < -0.4 is 0 Å². The van der Waals surface area contributed by atoms with Crippen LogP contribution in [0.3, 0.4) is 0 Å². The number of ether oxygens (including phenoxy) is 2. The highest BCUT2D eigenvalue weighted by atomic mass is 16.5. The van der Waals surface area contributed by atoms with Gasteiger partial charge in [-0.25, -0.2) is 4.79 Å². The molecule has 20 heavy (non-hydrogen) atoms. The third-order valence-corrected chi connectivity index (χ3v) is 2.89. The van der Waals surface area contributed by atoms with Gasteiger partial charge in [0.2, 0.25) is 0 Å². The van der Waals surface area contributed by atoms with Crippen molar-refractivity contribution in [1.29, 1.82) is 0 Å². The van der Waals surface area contributed by atoms with Crippen molar-refractivity contribution >= 4 is 12.0 Å². The van der Waals surface area contributed by atoms with E-state index in [1.54, 1.807) is 14.0 Å². The molecule has 0 bridgehead atoms. The number of carbonyl (C=O) groups excluding carboxylic acids is 1. The molecule has 0 saturated carbocycles. The Morgan fingerprint density at radius 3 is 2.55 bits per heavy atom. The van der Waals surface area contributed by atoms with Crippen LogP contribution in [0.15, 0.2) is 48.6 Å². The summed E-state index contributed by atoms with van der Waals surface area (Å²) in [5.41, 5.74) is 1.12. The zero-order valence-electron chi connectivity index (χ0n) is 12.3. The second-order valence-corrected chi connectivity index (χ2v) is 4.44. The molecule has 0 aliphatic heterocycles. The van der Waals surface area contributed by atoms with Crippen molar-refractivity contribution in [3.05, 3.63) is 54.1 Å². The first-order valence-electron chi connectivity index (χ1n) is 6.78. The number of hydrogen-bond donors (Lipinski definition) is 0. The lowest BCUT2D eigenvalue weighted by Gasteiger charge is -2.15. The third-order valence-electron chi connectivity index (χ3n) is 2.89.